The van der Waals surface area contributed by atoms with Gasteiger partial charge in [0.25, 0.3) is 0 Å². The average molecular weight is 202 g/mol. The maximum atomic E-state index is 5.46. The molecule has 0 aromatic heterocycles. The third kappa shape index (κ3) is 2.48. The number of hydrogen-bond donors (Lipinski definition) is 0. The van der Waals surface area contributed by atoms with Crippen molar-refractivity contribution >= 4 is 0 Å². The summed E-state index contributed by atoms with van der Waals surface area (Å²) in [5.41, 5.74) is 2.68. The van der Waals surface area contributed by atoms with E-state index in [2.05, 4.69) is 44.7 Å². The first-order valence-corrected chi connectivity index (χ1v) is 5.57. The van der Waals surface area contributed by atoms with Crippen LogP contribution in [0.25, 0.3) is 0 Å². The molecule has 1 aliphatic heterocycles. The first kappa shape index (κ1) is 10.4. The maximum absolute atomic E-state index is 5.46. The molecule has 1 aliphatic rings. The Hall–Kier alpha value is -1.08. The second kappa shape index (κ2) is 4.19. The van der Waals surface area contributed by atoms with Crippen LogP contribution in [0.2, 0.25) is 0 Å². The Morgan fingerprint density at radius 2 is 2.00 bits per heavy atom. The van der Waals surface area contributed by atoms with Crippen molar-refractivity contribution in [1.82, 2.24) is 0 Å². The molecule has 15 heavy (non-hydrogen) atoms. The Morgan fingerprint density at radius 3 is 2.47 bits per heavy atom. The van der Waals surface area contributed by atoms with Crippen molar-refractivity contribution in [2.75, 3.05) is 0 Å². The third-order valence-electron chi connectivity index (χ3n) is 2.71. The lowest BCUT2D eigenvalue weighted by Crippen LogP contribution is -1.94. The standard InChI is InChI=1S/C14H18O/c1-4-13-14(15-13)12-7-5-11(6-8-12)9-10(2)3/h4-8,10,13-14H,1,9H2,2-3H3/t13-,14+/m0/s1. The van der Waals surface area contributed by atoms with E-state index in [0.717, 1.165) is 6.42 Å². The molecule has 0 N–H and O–H groups in total. The van der Waals surface area contributed by atoms with Crippen LogP contribution < -0.4 is 0 Å². The van der Waals surface area contributed by atoms with Crippen LogP contribution in [0.5, 0.6) is 0 Å². The number of epoxide rings is 1. The Kier molecular flexibility index (Phi) is 2.92. The summed E-state index contributed by atoms with van der Waals surface area (Å²) in [6, 6.07) is 8.76. The summed E-state index contributed by atoms with van der Waals surface area (Å²) < 4.78 is 5.46. The summed E-state index contributed by atoms with van der Waals surface area (Å²) in [6.07, 6.45) is 3.51. The van der Waals surface area contributed by atoms with Crippen LogP contribution >= 0.6 is 0 Å². The summed E-state index contributed by atoms with van der Waals surface area (Å²) >= 11 is 0. The van der Waals surface area contributed by atoms with Gasteiger partial charge in [-0.2, -0.15) is 0 Å². The fourth-order valence-electron chi connectivity index (χ4n) is 1.89. The Labute approximate surface area is 91.8 Å². The molecule has 1 aromatic rings. The smallest absolute Gasteiger partial charge is 0.113 e. The second-order valence-corrected chi connectivity index (χ2v) is 4.60. The van der Waals surface area contributed by atoms with Gasteiger partial charge in [0.1, 0.15) is 12.2 Å². The first-order chi connectivity index (χ1) is 7.20. The molecule has 0 amide bonds. The molecule has 0 bridgehead atoms. The molecule has 1 aromatic carbocycles. The van der Waals surface area contributed by atoms with Crippen molar-refractivity contribution in [3.63, 3.8) is 0 Å². The summed E-state index contributed by atoms with van der Waals surface area (Å²) in [4.78, 5) is 0. The van der Waals surface area contributed by atoms with E-state index in [-0.39, 0.29) is 12.2 Å². The van der Waals surface area contributed by atoms with E-state index in [1.54, 1.807) is 0 Å². The highest BCUT2D eigenvalue weighted by molar-refractivity contribution is 5.28. The van der Waals surface area contributed by atoms with Crippen molar-refractivity contribution < 1.29 is 4.74 Å². The van der Waals surface area contributed by atoms with Gasteiger partial charge in [-0.25, -0.2) is 0 Å². The number of hydrogen-bond acceptors (Lipinski definition) is 1. The van der Waals surface area contributed by atoms with E-state index in [9.17, 15) is 0 Å². The predicted molar refractivity (Wildman–Crippen MR) is 62.8 cm³/mol. The van der Waals surface area contributed by atoms with Crippen LogP contribution in [-0.4, -0.2) is 6.10 Å². The summed E-state index contributed by atoms with van der Waals surface area (Å²) in [6.45, 7) is 8.21. The highest BCUT2D eigenvalue weighted by Gasteiger charge is 2.37. The lowest BCUT2D eigenvalue weighted by atomic mass is 10.0. The molecule has 0 unspecified atom stereocenters. The summed E-state index contributed by atoms with van der Waals surface area (Å²) in [5, 5.41) is 0. The Balaban J connectivity index is 2.01. The molecular formula is C14H18O. The molecule has 1 nitrogen and oxygen atoms in total. The van der Waals surface area contributed by atoms with Gasteiger partial charge in [0, 0.05) is 0 Å². The number of ether oxygens (including phenoxy) is 1. The van der Waals surface area contributed by atoms with Crippen LogP contribution in [-0.2, 0) is 11.2 Å². The minimum atomic E-state index is 0.237. The molecule has 80 valence electrons. The Bertz CT molecular complexity index is 337. The van der Waals surface area contributed by atoms with Gasteiger partial charge in [-0.1, -0.05) is 44.2 Å². The van der Waals surface area contributed by atoms with Crippen molar-refractivity contribution in [3.05, 3.63) is 48.0 Å². The van der Waals surface area contributed by atoms with Gasteiger partial charge in [0.2, 0.25) is 0 Å². The maximum Gasteiger partial charge on any atom is 0.113 e. The fourth-order valence-corrected chi connectivity index (χ4v) is 1.89. The highest BCUT2D eigenvalue weighted by atomic mass is 16.6. The third-order valence-corrected chi connectivity index (χ3v) is 2.71. The topological polar surface area (TPSA) is 12.5 Å². The van der Waals surface area contributed by atoms with Crippen LogP contribution in [0.4, 0.5) is 0 Å². The van der Waals surface area contributed by atoms with E-state index in [1.165, 1.54) is 11.1 Å². The van der Waals surface area contributed by atoms with Crippen molar-refractivity contribution in [1.29, 1.82) is 0 Å². The molecule has 0 saturated carbocycles. The van der Waals surface area contributed by atoms with Crippen LogP contribution in [0.1, 0.15) is 31.1 Å². The van der Waals surface area contributed by atoms with Gasteiger partial charge >= 0.3 is 0 Å². The summed E-state index contributed by atoms with van der Waals surface area (Å²) in [7, 11) is 0. The summed E-state index contributed by atoms with van der Waals surface area (Å²) in [5.74, 6) is 0.717. The van der Waals surface area contributed by atoms with E-state index < -0.39 is 0 Å². The molecule has 2 rings (SSSR count). The highest BCUT2D eigenvalue weighted by Crippen LogP contribution is 2.39. The van der Waals surface area contributed by atoms with Gasteiger partial charge in [0.05, 0.1) is 0 Å². The van der Waals surface area contributed by atoms with Crippen LogP contribution in [0, 0.1) is 5.92 Å². The van der Waals surface area contributed by atoms with Crippen molar-refractivity contribution in [2.45, 2.75) is 32.5 Å². The second-order valence-electron chi connectivity index (χ2n) is 4.60. The normalized spacial score (nSPS) is 24.2. The van der Waals surface area contributed by atoms with Gasteiger partial charge < -0.3 is 4.74 Å². The molecule has 1 heterocycles. The first-order valence-electron chi connectivity index (χ1n) is 5.57. The molecule has 1 fully saturated rings. The quantitative estimate of drug-likeness (QED) is 0.537. The lowest BCUT2D eigenvalue weighted by molar-refractivity contribution is 0.394. The zero-order valence-electron chi connectivity index (χ0n) is 9.44. The predicted octanol–water partition coefficient (Wildman–Crippen LogP) is 3.51. The van der Waals surface area contributed by atoms with Gasteiger partial charge in [-0.15, -0.1) is 6.58 Å². The molecular weight excluding hydrogens is 184 g/mol. The van der Waals surface area contributed by atoms with E-state index in [4.69, 9.17) is 4.74 Å². The minimum absolute atomic E-state index is 0.237. The largest absolute Gasteiger partial charge is 0.360 e. The average Bonchev–Trinajstić information content (AvgIpc) is 2.97. The number of rotatable bonds is 4. The minimum Gasteiger partial charge on any atom is -0.360 e. The van der Waals surface area contributed by atoms with Crippen molar-refractivity contribution in [2.24, 2.45) is 5.92 Å². The molecule has 0 radical (unpaired) electrons. The van der Waals surface area contributed by atoms with Crippen LogP contribution in [0.3, 0.4) is 0 Å². The van der Waals surface area contributed by atoms with E-state index in [0.29, 0.717) is 5.92 Å². The zero-order valence-corrected chi connectivity index (χ0v) is 9.44. The van der Waals surface area contributed by atoms with Gasteiger partial charge in [0.15, 0.2) is 0 Å². The van der Waals surface area contributed by atoms with E-state index >= 15 is 0 Å². The molecule has 0 spiro atoms. The Morgan fingerprint density at radius 1 is 1.33 bits per heavy atom. The molecule has 1 heteroatoms. The molecule has 1 saturated heterocycles. The fraction of sp³-hybridized carbons (Fsp3) is 0.429. The lowest BCUT2D eigenvalue weighted by Gasteiger charge is -2.05. The molecule has 0 aliphatic carbocycles. The van der Waals surface area contributed by atoms with Crippen molar-refractivity contribution in [3.8, 4) is 0 Å². The van der Waals surface area contributed by atoms with E-state index in [1.807, 2.05) is 6.08 Å². The SMILES string of the molecule is C=C[C@@H]1O[C@@H]1c1ccc(CC(C)C)cc1. The zero-order chi connectivity index (χ0) is 10.8. The molecule has 2 atom stereocenters. The van der Waals surface area contributed by atoms with Gasteiger partial charge in [-0.3, -0.25) is 0 Å². The van der Waals surface area contributed by atoms with Gasteiger partial charge in [-0.05, 0) is 23.5 Å². The van der Waals surface area contributed by atoms with Crippen LogP contribution in [0.15, 0.2) is 36.9 Å². The monoisotopic (exact) mass is 202 g/mol. The number of benzene rings is 1.